The summed E-state index contributed by atoms with van der Waals surface area (Å²) in [5.74, 6) is 0.535. The van der Waals surface area contributed by atoms with Crippen molar-refractivity contribution in [1.82, 2.24) is 9.88 Å². The number of likely N-dealkylation sites (N-methyl/N-ethyl adjacent to an activating group) is 1. The second kappa shape index (κ2) is 5.47. The Morgan fingerprint density at radius 1 is 1.35 bits per heavy atom. The van der Waals surface area contributed by atoms with E-state index in [9.17, 15) is 0 Å². The van der Waals surface area contributed by atoms with Crippen LogP contribution in [-0.2, 0) is 0 Å². The predicted octanol–water partition coefficient (Wildman–Crippen LogP) is 1.78. The molecular weight excluding hydrogens is 212 g/mol. The summed E-state index contributed by atoms with van der Waals surface area (Å²) >= 11 is 0. The summed E-state index contributed by atoms with van der Waals surface area (Å²) in [5.41, 5.74) is 13.2. The zero-order valence-electron chi connectivity index (χ0n) is 11.3. The molecule has 0 amide bonds. The van der Waals surface area contributed by atoms with Gasteiger partial charge >= 0.3 is 0 Å². The van der Waals surface area contributed by atoms with Crippen LogP contribution in [0.3, 0.4) is 0 Å². The van der Waals surface area contributed by atoms with Crippen molar-refractivity contribution in [2.75, 3.05) is 19.8 Å². The van der Waals surface area contributed by atoms with Gasteiger partial charge in [-0.05, 0) is 33.0 Å². The SMILES string of the molecule is CCC(CC)(C(N)c1cccnc1N)N(C)C. The van der Waals surface area contributed by atoms with E-state index in [-0.39, 0.29) is 11.6 Å². The van der Waals surface area contributed by atoms with Crippen molar-refractivity contribution in [2.24, 2.45) is 5.73 Å². The van der Waals surface area contributed by atoms with Gasteiger partial charge in [0.2, 0.25) is 0 Å². The minimum absolute atomic E-state index is 0.0723. The lowest BCUT2D eigenvalue weighted by atomic mass is 9.80. The molecular formula is C13H24N4. The summed E-state index contributed by atoms with van der Waals surface area (Å²) in [7, 11) is 4.14. The average Bonchev–Trinajstić information content (AvgIpc) is 2.31. The molecule has 1 rings (SSSR count). The van der Waals surface area contributed by atoms with Crippen LogP contribution >= 0.6 is 0 Å². The van der Waals surface area contributed by atoms with Crippen molar-refractivity contribution in [3.8, 4) is 0 Å². The van der Waals surface area contributed by atoms with E-state index in [1.165, 1.54) is 0 Å². The first-order valence-corrected chi connectivity index (χ1v) is 6.13. The Hall–Kier alpha value is -1.13. The van der Waals surface area contributed by atoms with E-state index in [1.54, 1.807) is 6.20 Å². The van der Waals surface area contributed by atoms with Gasteiger partial charge in [0.15, 0.2) is 0 Å². The van der Waals surface area contributed by atoms with Crippen LogP contribution < -0.4 is 11.5 Å². The van der Waals surface area contributed by atoms with Crippen molar-refractivity contribution < 1.29 is 0 Å². The molecule has 0 aliphatic heterocycles. The summed E-state index contributed by atoms with van der Waals surface area (Å²) in [6.45, 7) is 4.33. The smallest absolute Gasteiger partial charge is 0.128 e. The maximum atomic E-state index is 6.44. The lowest BCUT2D eigenvalue weighted by Gasteiger charge is -2.43. The first-order valence-electron chi connectivity index (χ1n) is 6.13. The number of hydrogen-bond acceptors (Lipinski definition) is 4. The standard InChI is InChI=1S/C13H24N4/c1-5-13(6-2,17(3)4)11(14)10-8-7-9-16-12(10)15/h7-9,11H,5-6,14H2,1-4H3,(H2,15,16). The third kappa shape index (κ3) is 2.42. The Labute approximate surface area is 104 Å². The molecule has 0 saturated heterocycles. The Morgan fingerprint density at radius 2 is 1.94 bits per heavy atom. The van der Waals surface area contributed by atoms with Crippen LogP contribution in [0.5, 0.6) is 0 Å². The Kier molecular flexibility index (Phi) is 4.48. The summed E-state index contributed by atoms with van der Waals surface area (Å²) in [5, 5.41) is 0. The van der Waals surface area contributed by atoms with Crippen LogP contribution in [0.1, 0.15) is 38.3 Å². The van der Waals surface area contributed by atoms with Gasteiger partial charge < -0.3 is 16.4 Å². The normalized spacial score (nSPS) is 14.0. The van der Waals surface area contributed by atoms with Gasteiger partial charge in [0, 0.05) is 17.3 Å². The minimum atomic E-state index is -0.124. The minimum Gasteiger partial charge on any atom is -0.383 e. The molecule has 0 bridgehead atoms. The van der Waals surface area contributed by atoms with Gasteiger partial charge in [0.05, 0.1) is 6.04 Å². The van der Waals surface area contributed by atoms with Crippen LogP contribution in [0.4, 0.5) is 5.82 Å². The highest BCUT2D eigenvalue weighted by molar-refractivity contribution is 5.42. The third-order valence-corrected chi connectivity index (χ3v) is 3.90. The molecule has 0 radical (unpaired) electrons. The van der Waals surface area contributed by atoms with E-state index in [2.05, 4.69) is 37.8 Å². The maximum absolute atomic E-state index is 6.44. The molecule has 4 heteroatoms. The Morgan fingerprint density at radius 3 is 2.35 bits per heavy atom. The van der Waals surface area contributed by atoms with Gasteiger partial charge in [0.1, 0.15) is 5.82 Å². The van der Waals surface area contributed by atoms with E-state index in [4.69, 9.17) is 11.5 Å². The highest BCUT2D eigenvalue weighted by Gasteiger charge is 2.37. The van der Waals surface area contributed by atoms with Gasteiger partial charge in [-0.25, -0.2) is 4.98 Å². The number of nitrogens with zero attached hydrogens (tertiary/aromatic N) is 2. The fourth-order valence-corrected chi connectivity index (χ4v) is 2.58. The van der Waals surface area contributed by atoms with Gasteiger partial charge in [0.25, 0.3) is 0 Å². The van der Waals surface area contributed by atoms with E-state index in [0.717, 1.165) is 18.4 Å². The molecule has 0 aliphatic rings. The molecule has 1 unspecified atom stereocenters. The summed E-state index contributed by atoms with van der Waals surface area (Å²) in [6, 6.07) is 3.73. The monoisotopic (exact) mass is 236 g/mol. The molecule has 4 N–H and O–H groups in total. The van der Waals surface area contributed by atoms with Crippen molar-refractivity contribution in [3.05, 3.63) is 23.9 Å². The summed E-state index contributed by atoms with van der Waals surface area (Å²) < 4.78 is 0. The predicted molar refractivity (Wildman–Crippen MR) is 72.6 cm³/mol. The van der Waals surface area contributed by atoms with E-state index in [1.807, 2.05) is 12.1 Å². The molecule has 4 nitrogen and oxygen atoms in total. The lowest BCUT2D eigenvalue weighted by Crippen LogP contribution is -2.51. The Balaban J connectivity index is 3.17. The van der Waals surface area contributed by atoms with Crippen molar-refractivity contribution in [2.45, 2.75) is 38.3 Å². The topological polar surface area (TPSA) is 68.2 Å². The quantitative estimate of drug-likeness (QED) is 0.817. The number of anilines is 1. The average molecular weight is 236 g/mol. The number of rotatable bonds is 5. The zero-order valence-corrected chi connectivity index (χ0v) is 11.3. The largest absolute Gasteiger partial charge is 0.383 e. The summed E-state index contributed by atoms with van der Waals surface area (Å²) in [6.07, 6.45) is 3.65. The molecule has 1 heterocycles. The fraction of sp³-hybridized carbons (Fsp3) is 0.615. The first-order chi connectivity index (χ1) is 7.99. The van der Waals surface area contributed by atoms with Crippen LogP contribution in [0.25, 0.3) is 0 Å². The molecule has 17 heavy (non-hydrogen) atoms. The van der Waals surface area contributed by atoms with Crippen molar-refractivity contribution in [3.63, 3.8) is 0 Å². The van der Waals surface area contributed by atoms with Gasteiger partial charge in [-0.1, -0.05) is 19.9 Å². The number of nitrogens with two attached hydrogens (primary N) is 2. The van der Waals surface area contributed by atoms with E-state index in [0.29, 0.717) is 5.82 Å². The lowest BCUT2D eigenvalue weighted by molar-refractivity contribution is 0.106. The highest BCUT2D eigenvalue weighted by atomic mass is 15.2. The van der Waals surface area contributed by atoms with Crippen LogP contribution in [0, 0.1) is 0 Å². The molecule has 0 aromatic carbocycles. The van der Waals surface area contributed by atoms with Crippen molar-refractivity contribution >= 4 is 5.82 Å². The van der Waals surface area contributed by atoms with Crippen LogP contribution in [-0.4, -0.2) is 29.5 Å². The molecule has 1 atom stereocenters. The van der Waals surface area contributed by atoms with Gasteiger partial charge in [-0.2, -0.15) is 0 Å². The number of aromatic nitrogens is 1. The Bertz CT molecular complexity index is 358. The third-order valence-electron chi connectivity index (χ3n) is 3.90. The number of nitrogen functional groups attached to an aromatic ring is 1. The van der Waals surface area contributed by atoms with Crippen molar-refractivity contribution in [1.29, 1.82) is 0 Å². The molecule has 96 valence electrons. The molecule has 1 aromatic heterocycles. The maximum Gasteiger partial charge on any atom is 0.128 e. The molecule has 0 aliphatic carbocycles. The van der Waals surface area contributed by atoms with Crippen LogP contribution in [0.15, 0.2) is 18.3 Å². The number of pyridine rings is 1. The van der Waals surface area contributed by atoms with Gasteiger partial charge in [-0.15, -0.1) is 0 Å². The fourth-order valence-electron chi connectivity index (χ4n) is 2.58. The second-order valence-electron chi connectivity index (χ2n) is 4.66. The number of hydrogen-bond donors (Lipinski definition) is 2. The zero-order chi connectivity index (χ0) is 13.1. The van der Waals surface area contributed by atoms with Gasteiger partial charge in [-0.3, -0.25) is 0 Å². The van der Waals surface area contributed by atoms with E-state index < -0.39 is 0 Å². The molecule has 1 aromatic rings. The van der Waals surface area contributed by atoms with Crippen LogP contribution in [0.2, 0.25) is 0 Å². The molecule has 0 saturated carbocycles. The highest BCUT2D eigenvalue weighted by Crippen LogP contribution is 2.35. The summed E-state index contributed by atoms with van der Waals surface area (Å²) in [4.78, 5) is 6.32. The first kappa shape index (κ1) is 13.9. The molecule has 0 spiro atoms. The van der Waals surface area contributed by atoms with E-state index >= 15 is 0 Å². The second-order valence-corrected chi connectivity index (χ2v) is 4.66. The molecule has 0 fully saturated rings.